The van der Waals surface area contributed by atoms with Crippen molar-refractivity contribution in [2.75, 3.05) is 0 Å². The molecule has 2 rings (SSSR count). The number of pyridine rings is 1. The Bertz CT molecular complexity index is 413. The van der Waals surface area contributed by atoms with Crippen LogP contribution in [0.1, 0.15) is 10.8 Å². The monoisotopic (exact) mass is 299 g/mol. The highest BCUT2D eigenvalue weighted by Crippen LogP contribution is 2.21. The van der Waals surface area contributed by atoms with Gasteiger partial charge in [0.15, 0.2) is 0 Å². The van der Waals surface area contributed by atoms with Gasteiger partial charge in [-0.25, -0.2) is 0 Å². The van der Waals surface area contributed by atoms with Gasteiger partial charge in [0.2, 0.25) is 5.12 Å². The number of thiol groups is 2. The highest BCUT2D eigenvalue weighted by molar-refractivity contribution is 7.99. The molecular formula is C13H14ClNOS2. The topological polar surface area (TPSA) is 30.0 Å². The fourth-order valence-electron chi connectivity index (χ4n) is 1.09. The minimum atomic E-state index is -0.403. The Morgan fingerprint density at radius 2 is 1.50 bits per heavy atom. The maximum absolute atomic E-state index is 10.7. The molecule has 0 spiro atoms. The Morgan fingerprint density at radius 3 is 1.83 bits per heavy atom. The second-order valence-electron chi connectivity index (χ2n) is 3.18. The van der Waals surface area contributed by atoms with E-state index in [0.29, 0.717) is 0 Å². The van der Waals surface area contributed by atoms with Crippen molar-refractivity contribution in [3.05, 3.63) is 66.5 Å². The summed E-state index contributed by atoms with van der Waals surface area (Å²) in [7, 11) is 0. The molecule has 18 heavy (non-hydrogen) atoms. The fourth-order valence-corrected chi connectivity index (χ4v) is 1.41. The average Bonchev–Trinajstić information content (AvgIpc) is 2.41. The molecule has 96 valence electrons. The first-order chi connectivity index (χ1) is 8.22. The number of halogens is 1. The molecule has 0 saturated heterocycles. The molecular weight excluding hydrogens is 286 g/mol. The van der Waals surface area contributed by atoms with Crippen molar-refractivity contribution >= 4 is 42.8 Å². The molecule has 0 saturated carbocycles. The largest absolute Gasteiger partial charge is 0.286 e. The molecule has 1 atom stereocenters. The molecule has 1 unspecified atom stereocenters. The van der Waals surface area contributed by atoms with Crippen LogP contribution in [-0.4, -0.2) is 10.1 Å². The van der Waals surface area contributed by atoms with Crippen molar-refractivity contribution in [2.45, 2.75) is 5.25 Å². The van der Waals surface area contributed by atoms with Gasteiger partial charge in [0.1, 0.15) is 0 Å². The Labute approximate surface area is 124 Å². The van der Waals surface area contributed by atoms with Crippen LogP contribution in [0.15, 0.2) is 60.9 Å². The summed E-state index contributed by atoms with van der Waals surface area (Å²) in [6.07, 6.45) is 3.50. The minimum absolute atomic E-state index is 0. The molecule has 0 N–H and O–H groups in total. The maximum atomic E-state index is 10.7. The Hall–Kier alpha value is -0.970. The highest BCUT2D eigenvalue weighted by Gasteiger charge is 2.10. The molecule has 0 amide bonds. The highest BCUT2D eigenvalue weighted by atomic mass is 35.5. The zero-order valence-electron chi connectivity index (χ0n) is 9.51. The van der Waals surface area contributed by atoms with Gasteiger partial charge in [0.05, 0.1) is 5.25 Å². The van der Waals surface area contributed by atoms with Gasteiger partial charge in [0, 0.05) is 12.4 Å². The van der Waals surface area contributed by atoms with Gasteiger partial charge in [-0.15, -0.1) is 25.0 Å². The molecule has 0 radical (unpaired) electrons. The van der Waals surface area contributed by atoms with Crippen LogP contribution in [0.4, 0.5) is 0 Å². The van der Waals surface area contributed by atoms with Crippen molar-refractivity contribution in [3.8, 4) is 0 Å². The van der Waals surface area contributed by atoms with E-state index in [1.165, 1.54) is 0 Å². The molecule has 5 heteroatoms. The Kier molecular flexibility index (Phi) is 9.46. The Balaban J connectivity index is 0.000000352. The SMILES string of the molecule is Cl.O=C(S)C(S)c1ccccc1.c1ccncc1. The maximum Gasteiger partial charge on any atom is 0.203 e. The van der Waals surface area contributed by atoms with Crippen LogP contribution >= 0.6 is 37.7 Å². The van der Waals surface area contributed by atoms with Gasteiger partial charge in [-0.05, 0) is 17.7 Å². The van der Waals surface area contributed by atoms with E-state index in [2.05, 4.69) is 30.2 Å². The van der Waals surface area contributed by atoms with Crippen LogP contribution < -0.4 is 0 Å². The van der Waals surface area contributed by atoms with Crippen molar-refractivity contribution in [1.82, 2.24) is 4.98 Å². The van der Waals surface area contributed by atoms with E-state index in [0.717, 1.165) is 5.56 Å². The normalized spacial score (nSPS) is 10.3. The predicted octanol–water partition coefficient (Wildman–Crippen LogP) is 3.62. The first-order valence-corrected chi connectivity index (χ1v) is 5.99. The third-order valence-electron chi connectivity index (χ3n) is 1.92. The van der Waals surface area contributed by atoms with E-state index in [1.807, 2.05) is 48.5 Å². The Morgan fingerprint density at radius 1 is 1.00 bits per heavy atom. The zero-order valence-corrected chi connectivity index (χ0v) is 12.1. The van der Waals surface area contributed by atoms with E-state index >= 15 is 0 Å². The van der Waals surface area contributed by atoms with Crippen molar-refractivity contribution in [2.24, 2.45) is 0 Å². The third-order valence-corrected chi connectivity index (χ3v) is 2.91. The summed E-state index contributed by atoms with van der Waals surface area (Å²) in [5.74, 6) is 0. The second kappa shape index (κ2) is 10.00. The van der Waals surface area contributed by atoms with Crippen LogP contribution in [0.5, 0.6) is 0 Å². The van der Waals surface area contributed by atoms with Crippen molar-refractivity contribution < 1.29 is 4.79 Å². The smallest absolute Gasteiger partial charge is 0.203 e. The van der Waals surface area contributed by atoms with Crippen LogP contribution in [-0.2, 0) is 4.79 Å². The number of rotatable bonds is 2. The number of hydrogen-bond acceptors (Lipinski definition) is 3. The van der Waals surface area contributed by atoms with E-state index in [9.17, 15) is 4.79 Å². The lowest BCUT2D eigenvalue weighted by atomic mass is 10.2. The molecule has 0 aliphatic heterocycles. The molecule has 2 nitrogen and oxygen atoms in total. The first-order valence-electron chi connectivity index (χ1n) is 5.02. The molecule has 1 aromatic heterocycles. The summed E-state index contributed by atoms with van der Waals surface area (Å²) in [5, 5.41) is -0.626. The lowest BCUT2D eigenvalue weighted by molar-refractivity contribution is -0.110. The lowest BCUT2D eigenvalue weighted by Gasteiger charge is -2.04. The van der Waals surface area contributed by atoms with Gasteiger partial charge >= 0.3 is 0 Å². The summed E-state index contributed by atoms with van der Waals surface area (Å²) in [6, 6.07) is 15.1. The summed E-state index contributed by atoms with van der Waals surface area (Å²) in [4.78, 5) is 14.5. The van der Waals surface area contributed by atoms with Crippen molar-refractivity contribution in [3.63, 3.8) is 0 Å². The quantitative estimate of drug-likeness (QED) is 0.830. The van der Waals surface area contributed by atoms with Crippen LogP contribution in [0.3, 0.4) is 0 Å². The van der Waals surface area contributed by atoms with Gasteiger partial charge < -0.3 is 0 Å². The van der Waals surface area contributed by atoms with Crippen molar-refractivity contribution in [1.29, 1.82) is 0 Å². The van der Waals surface area contributed by atoms with Crippen LogP contribution in [0.25, 0.3) is 0 Å². The predicted molar refractivity (Wildman–Crippen MR) is 83.6 cm³/mol. The zero-order chi connectivity index (χ0) is 12.5. The molecule has 0 aliphatic rings. The number of benzene rings is 1. The van der Waals surface area contributed by atoms with Gasteiger partial charge in [-0.2, -0.15) is 12.6 Å². The minimum Gasteiger partial charge on any atom is -0.286 e. The van der Waals surface area contributed by atoms with Gasteiger partial charge in [-0.3, -0.25) is 9.78 Å². The third kappa shape index (κ3) is 6.69. The molecule has 0 fully saturated rings. The first kappa shape index (κ1) is 17.0. The fraction of sp³-hybridized carbons (Fsp3) is 0.0769. The molecule has 0 bridgehead atoms. The van der Waals surface area contributed by atoms with Crippen LogP contribution in [0, 0.1) is 0 Å². The molecule has 2 aromatic rings. The van der Waals surface area contributed by atoms with Gasteiger partial charge in [-0.1, -0.05) is 36.4 Å². The lowest BCUT2D eigenvalue weighted by Crippen LogP contribution is -1.97. The van der Waals surface area contributed by atoms with Crippen LogP contribution in [0.2, 0.25) is 0 Å². The molecule has 1 aromatic carbocycles. The number of aromatic nitrogens is 1. The summed E-state index contributed by atoms with van der Waals surface area (Å²) in [5.41, 5.74) is 0.885. The average molecular weight is 300 g/mol. The van der Waals surface area contributed by atoms with Gasteiger partial charge in [0.25, 0.3) is 0 Å². The second-order valence-corrected chi connectivity index (χ2v) is 4.13. The summed E-state index contributed by atoms with van der Waals surface area (Å²) < 4.78 is 0. The summed E-state index contributed by atoms with van der Waals surface area (Å²) >= 11 is 7.78. The van der Waals surface area contributed by atoms with E-state index < -0.39 is 5.25 Å². The van der Waals surface area contributed by atoms with E-state index in [1.54, 1.807) is 12.4 Å². The number of hydrogen-bond donors (Lipinski definition) is 2. The number of nitrogens with zero attached hydrogens (tertiary/aromatic N) is 1. The van der Waals surface area contributed by atoms with E-state index in [4.69, 9.17) is 0 Å². The number of carbonyl (C=O) groups is 1. The summed E-state index contributed by atoms with van der Waals surface area (Å²) in [6.45, 7) is 0. The standard InChI is InChI=1S/C8H8OS2.C5H5N.ClH/c9-8(11)7(10)6-4-2-1-3-5-6;1-2-4-6-5-3-1;/h1-5,7,10H,(H,9,11);1-5H;1H. The number of carbonyl (C=O) groups excluding carboxylic acids is 1. The van der Waals surface area contributed by atoms with E-state index in [-0.39, 0.29) is 17.5 Å². The molecule has 0 aliphatic carbocycles. The molecule has 1 heterocycles.